The lowest BCUT2D eigenvalue weighted by Gasteiger charge is -2.33. The zero-order chi connectivity index (χ0) is 27.1. The maximum absolute atomic E-state index is 12.8. The number of aromatic nitrogens is 3. The van der Waals surface area contributed by atoms with Crippen LogP contribution in [-0.4, -0.2) is 67.6 Å². The third-order valence-corrected chi connectivity index (χ3v) is 6.81. The van der Waals surface area contributed by atoms with Crippen LogP contribution in [0.5, 0.6) is 0 Å². The van der Waals surface area contributed by atoms with Crippen LogP contribution in [0.3, 0.4) is 0 Å². The molecule has 1 N–H and O–H groups in total. The number of carbonyl (C=O) groups excluding carboxylic acids is 1. The summed E-state index contributed by atoms with van der Waals surface area (Å²) in [7, 11) is 1.92. The first-order chi connectivity index (χ1) is 18.7. The van der Waals surface area contributed by atoms with Crippen molar-refractivity contribution in [2.75, 3.05) is 25.0 Å². The number of benzene rings is 1. The number of amides is 1. The van der Waals surface area contributed by atoms with E-state index in [0.29, 0.717) is 25.5 Å². The highest BCUT2D eigenvalue weighted by Crippen LogP contribution is 2.33. The first kappa shape index (κ1) is 24.8. The van der Waals surface area contributed by atoms with Crippen LogP contribution in [0.15, 0.2) is 82.5 Å². The Morgan fingerprint density at radius 3 is 2.87 bits per heavy atom. The number of fused-ring (bicyclic) bond motifs is 2. The third kappa shape index (κ3) is 5.14. The lowest BCUT2D eigenvalue weighted by atomic mass is 10.1. The Bertz CT molecular complexity index is 1560. The Morgan fingerprint density at radius 1 is 1.21 bits per heavy atom. The van der Waals surface area contributed by atoms with Crippen molar-refractivity contribution in [2.45, 2.75) is 38.8 Å². The van der Waals surface area contributed by atoms with E-state index in [1.54, 1.807) is 15.8 Å². The zero-order valence-electron chi connectivity index (χ0n) is 22.6. The molecule has 10 heteroatoms. The summed E-state index contributed by atoms with van der Waals surface area (Å²) >= 11 is 0. The molecule has 0 radical (unpaired) electrons. The number of hydrogen-bond acceptors (Lipinski definition) is 8. The minimum atomic E-state index is -0.551. The monoisotopic (exact) mass is 524 g/mol. The average Bonchev–Trinajstić information content (AvgIpc) is 3.54. The first-order valence-electron chi connectivity index (χ1n) is 13.1. The summed E-state index contributed by atoms with van der Waals surface area (Å²) in [6.45, 7) is 7.28. The Hall–Kier alpha value is -4.47. The number of hydrogen-bond donors (Lipinski definition) is 1. The molecule has 1 atom stereocenters. The lowest BCUT2D eigenvalue weighted by Crippen LogP contribution is -2.41. The number of rotatable bonds is 3. The number of ether oxygens (including phenoxy) is 1. The van der Waals surface area contributed by atoms with Crippen molar-refractivity contribution in [3.8, 4) is 0 Å². The van der Waals surface area contributed by atoms with Crippen LogP contribution in [0.4, 0.5) is 10.5 Å². The molecule has 3 aromatic rings. The maximum atomic E-state index is 12.8. The highest BCUT2D eigenvalue weighted by Gasteiger charge is 2.36. The lowest BCUT2D eigenvalue weighted by molar-refractivity contribution is 0.0263. The number of amidine groups is 2. The number of aliphatic imine (C=N–C) groups is 2. The van der Waals surface area contributed by atoms with Crippen LogP contribution in [0.2, 0.25) is 0 Å². The van der Waals surface area contributed by atoms with E-state index in [9.17, 15) is 4.79 Å². The average molecular weight is 525 g/mol. The van der Waals surface area contributed by atoms with Gasteiger partial charge in [-0.15, -0.1) is 0 Å². The minimum Gasteiger partial charge on any atom is -0.444 e. The quantitative estimate of drug-likeness (QED) is 0.535. The summed E-state index contributed by atoms with van der Waals surface area (Å²) in [6.07, 6.45) is 10.3. The molecular weight excluding hydrogens is 492 g/mol. The molecular formula is C29H32N8O2. The van der Waals surface area contributed by atoms with Gasteiger partial charge in [0, 0.05) is 48.8 Å². The van der Waals surface area contributed by atoms with Crippen molar-refractivity contribution in [3.05, 3.63) is 78.0 Å². The van der Waals surface area contributed by atoms with Gasteiger partial charge in [-0.2, -0.15) is 5.10 Å². The van der Waals surface area contributed by atoms with E-state index in [-0.39, 0.29) is 12.1 Å². The molecule has 1 unspecified atom stereocenters. The van der Waals surface area contributed by atoms with Gasteiger partial charge in [-0.25, -0.2) is 9.79 Å². The van der Waals surface area contributed by atoms with Crippen LogP contribution in [-0.2, 0) is 11.8 Å². The van der Waals surface area contributed by atoms with E-state index in [1.165, 1.54) is 0 Å². The molecule has 3 aliphatic rings. The van der Waals surface area contributed by atoms with Gasteiger partial charge in [0.2, 0.25) is 0 Å². The Kier molecular flexibility index (Phi) is 6.17. The number of aryl methyl sites for hydroxylation is 1. The molecule has 0 saturated carbocycles. The van der Waals surface area contributed by atoms with Crippen LogP contribution < -0.4 is 5.32 Å². The van der Waals surface area contributed by atoms with Gasteiger partial charge in [0.25, 0.3) is 0 Å². The maximum Gasteiger partial charge on any atom is 0.410 e. The summed E-state index contributed by atoms with van der Waals surface area (Å²) < 4.78 is 7.45. The van der Waals surface area contributed by atoms with Gasteiger partial charge < -0.3 is 19.9 Å². The number of carbonyl (C=O) groups is 1. The van der Waals surface area contributed by atoms with Crippen LogP contribution >= 0.6 is 0 Å². The largest absolute Gasteiger partial charge is 0.444 e. The molecule has 2 aromatic heterocycles. The highest BCUT2D eigenvalue weighted by molar-refractivity contribution is 6.46. The van der Waals surface area contributed by atoms with Crippen LogP contribution in [0.25, 0.3) is 10.9 Å². The van der Waals surface area contributed by atoms with Crippen molar-refractivity contribution in [1.82, 2.24) is 24.6 Å². The predicted octanol–water partition coefficient (Wildman–Crippen LogP) is 4.66. The number of nitrogens with one attached hydrogen (secondary N) is 1. The van der Waals surface area contributed by atoms with Crippen molar-refractivity contribution in [2.24, 2.45) is 17.0 Å². The molecule has 1 aromatic carbocycles. The topological polar surface area (TPSA) is 100 Å². The van der Waals surface area contributed by atoms with E-state index in [0.717, 1.165) is 45.7 Å². The summed E-state index contributed by atoms with van der Waals surface area (Å²) in [5.41, 5.74) is 4.13. The Labute approximate surface area is 227 Å². The van der Waals surface area contributed by atoms with E-state index < -0.39 is 5.60 Å². The zero-order valence-corrected chi connectivity index (χ0v) is 22.6. The molecule has 0 spiro atoms. The van der Waals surface area contributed by atoms with E-state index >= 15 is 0 Å². The third-order valence-electron chi connectivity index (χ3n) is 6.81. The van der Waals surface area contributed by atoms with Gasteiger partial charge in [0.15, 0.2) is 11.7 Å². The molecule has 6 rings (SSSR count). The van der Waals surface area contributed by atoms with Gasteiger partial charge in [-0.1, -0.05) is 12.1 Å². The molecule has 10 nitrogen and oxygen atoms in total. The van der Waals surface area contributed by atoms with Gasteiger partial charge in [-0.3, -0.25) is 14.7 Å². The SMILES string of the molecule is Cn1cc(C2CN=C3C(Nc4ccc5ncccc5c4)=NC(C4=CCCN(C(=O)OC(C)(C)C)C4)=CN32)cn1. The number of pyridine rings is 1. The Balaban J connectivity index is 1.33. The van der Waals surface area contributed by atoms with Crippen LogP contribution in [0, 0.1) is 0 Å². The summed E-state index contributed by atoms with van der Waals surface area (Å²) in [4.78, 5) is 31.1. The fraction of sp³-hybridized carbons (Fsp3) is 0.345. The van der Waals surface area contributed by atoms with E-state index in [2.05, 4.69) is 32.4 Å². The minimum absolute atomic E-state index is 0.00273. The second-order valence-corrected chi connectivity index (χ2v) is 11.0. The molecule has 3 aliphatic heterocycles. The predicted molar refractivity (Wildman–Crippen MR) is 151 cm³/mol. The normalized spacial score (nSPS) is 19.2. The van der Waals surface area contributed by atoms with Gasteiger partial charge in [0.1, 0.15) is 5.60 Å². The molecule has 1 amide bonds. The number of nitrogens with zero attached hydrogens (tertiary/aromatic N) is 7. The fourth-order valence-electron chi connectivity index (χ4n) is 4.99. The first-order valence-corrected chi connectivity index (χ1v) is 13.1. The molecule has 200 valence electrons. The molecule has 0 bridgehead atoms. The van der Waals surface area contributed by atoms with E-state index in [1.807, 2.05) is 70.7 Å². The smallest absolute Gasteiger partial charge is 0.410 e. The molecule has 5 heterocycles. The van der Waals surface area contributed by atoms with E-state index in [4.69, 9.17) is 14.7 Å². The van der Waals surface area contributed by atoms with Gasteiger partial charge >= 0.3 is 6.09 Å². The standard InChI is InChI=1S/C29H32N8O2/c1-29(2,3)39-28(38)36-12-6-8-20(17-36)24-18-37-25(21-14-32-35(4)16-21)15-31-27(37)26(34-24)33-22-9-10-23-19(13-22)7-5-11-30-23/h5,7-11,13-14,16,18,25H,6,12,15,17H2,1-4H3,(H,33,34). The number of anilines is 1. The molecule has 0 fully saturated rings. The van der Waals surface area contributed by atoms with Crippen molar-refractivity contribution >= 4 is 34.4 Å². The van der Waals surface area contributed by atoms with Crippen molar-refractivity contribution in [1.29, 1.82) is 0 Å². The van der Waals surface area contributed by atoms with Gasteiger partial charge in [0.05, 0.1) is 36.5 Å². The van der Waals surface area contributed by atoms with Crippen molar-refractivity contribution < 1.29 is 9.53 Å². The Morgan fingerprint density at radius 2 is 2.08 bits per heavy atom. The highest BCUT2D eigenvalue weighted by atomic mass is 16.6. The molecule has 39 heavy (non-hydrogen) atoms. The molecule has 0 saturated heterocycles. The summed E-state index contributed by atoms with van der Waals surface area (Å²) in [6, 6.07) is 10.0. The van der Waals surface area contributed by atoms with Gasteiger partial charge in [-0.05, 0) is 57.0 Å². The second kappa shape index (κ2) is 9.68. The second-order valence-electron chi connectivity index (χ2n) is 11.0. The van der Waals surface area contributed by atoms with Crippen molar-refractivity contribution in [3.63, 3.8) is 0 Å². The fourth-order valence-corrected chi connectivity index (χ4v) is 4.99. The van der Waals surface area contributed by atoms with Crippen LogP contribution in [0.1, 0.15) is 38.8 Å². The summed E-state index contributed by atoms with van der Waals surface area (Å²) in [5, 5.41) is 8.93. The summed E-state index contributed by atoms with van der Waals surface area (Å²) in [5.74, 6) is 1.44. The molecule has 0 aliphatic carbocycles.